The number of thiophene rings is 1. The van der Waals surface area contributed by atoms with E-state index in [1.54, 1.807) is 23.1 Å². The molecule has 0 aliphatic carbocycles. The Balaban J connectivity index is 1.93. The van der Waals surface area contributed by atoms with Crippen LogP contribution in [0.4, 0.5) is 0 Å². The van der Waals surface area contributed by atoms with Crippen LogP contribution in [-0.4, -0.2) is 10.2 Å². The predicted molar refractivity (Wildman–Crippen MR) is 58.8 cm³/mol. The van der Waals surface area contributed by atoms with E-state index < -0.39 is 0 Å². The van der Waals surface area contributed by atoms with Crippen molar-refractivity contribution in [2.24, 2.45) is 0 Å². The van der Waals surface area contributed by atoms with Crippen LogP contribution in [0, 0.1) is 0 Å². The van der Waals surface area contributed by atoms with Crippen LogP contribution in [0.3, 0.4) is 0 Å². The highest BCUT2D eigenvalue weighted by atomic mass is 35.5. The van der Waals surface area contributed by atoms with Gasteiger partial charge < -0.3 is 0 Å². The molecule has 2 aromatic rings. The van der Waals surface area contributed by atoms with Crippen molar-refractivity contribution < 1.29 is 0 Å². The summed E-state index contributed by atoms with van der Waals surface area (Å²) in [7, 11) is 0. The predicted octanol–water partition coefficient (Wildman–Crippen LogP) is 3.55. The second kappa shape index (κ2) is 4.41. The van der Waals surface area contributed by atoms with Crippen molar-refractivity contribution in [1.29, 1.82) is 0 Å². The van der Waals surface area contributed by atoms with Crippen molar-refractivity contribution in [3.05, 3.63) is 27.0 Å². The number of aromatic nitrogens is 2. The minimum absolute atomic E-state index is 0.516. The molecule has 13 heavy (non-hydrogen) atoms. The van der Waals surface area contributed by atoms with Gasteiger partial charge in [0.05, 0.1) is 9.96 Å². The van der Waals surface area contributed by atoms with Gasteiger partial charge in [0, 0.05) is 0 Å². The van der Waals surface area contributed by atoms with E-state index in [2.05, 4.69) is 21.6 Å². The summed E-state index contributed by atoms with van der Waals surface area (Å²) in [6.07, 6.45) is 0. The highest BCUT2D eigenvalue weighted by molar-refractivity contribution is 8.00. The Morgan fingerprint density at radius 2 is 2.38 bits per heavy atom. The minimum atomic E-state index is 0.516. The van der Waals surface area contributed by atoms with Crippen LogP contribution >= 0.6 is 46.0 Å². The fraction of sp³-hybridized carbons (Fsp3) is 0.143. The van der Waals surface area contributed by atoms with Crippen LogP contribution in [0.5, 0.6) is 0 Å². The summed E-state index contributed by atoms with van der Waals surface area (Å²) in [6.45, 7) is 0. The van der Waals surface area contributed by atoms with Crippen LogP contribution < -0.4 is 0 Å². The van der Waals surface area contributed by atoms with Gasteiger partial charge in [0.1, 0.15) is 5.01 Å². The summed E-state index contributed by atoms with van der Waals surface area (Å²) in [5, 5.41) is 10.7. The molecule has 6 heteroatoms. The van der Waals surface area contributed by atoms with Gasteiger partial charge in [-0.2, -0.15) is 0 Å². The van der Waals surface area contributed by atoms with Gasteiger partial charge >= 0.3 is 0 Å². The van der Waals surface area contributed by atoms with Crippen LogP contribution in [-0.2, 0) is 5.75 Å². The molecule has 0 N–H and O–H groups in total. The summed E-state index contributed by atoms with van der Waals surface area (Å²) in [5.74, 6) is 0.852. The lowest BCUT2D eigenvalue weighted by Gasteiger charge is -1.91. The number of hydrogen-bond donors (Lipinski definition) is 0. The minimum Gasteiger partial charge on any atom is -0.141 e. The van der Waals surface area contributed by atoms with Crippen LogP contribution in [0.2, 0.25) is 4.47 Å². The third-order valence-corrected chi connectivity index (χ3v) is 4.62. The highest BCUT2D eigenvalue weighted by Crippen LogP contribution is 2.28. The lowest BCUT2D eigenvalue weighted by atomic mass is 10.7. The third-order valence-electron chi connectivity index (χ3n) is 1.28. The quantitative estimate of drug-likeness (QED) is 0.777. The van der Waals surface area contributed by atoms with E-state index in [1.165, 1.54) is 15.5 Å². The smallest absolute Gasteiger partial charge is 0.141 e. The average Bonchev–Trinajstić information content (AvgIpc) is 2.71. The molecule has 2 aromatic heterocycles. The molecule has 0 aliphatic rings. The number of halogens is 1. The Morgan fingerprint density at radius 1 is 1.46 bits per heavy atom. The molecule has 0 aromatic carbocycles. The summed E-state index contributed by atoms with van der Waals surface area (Å²) >= 11 is 10.6. The first-order chi connectivity index (χ1) is 6.34. The molecule has 0 aliphatic heterocycles. The Labute approximate surface area is 93.0 Å². The molecule has 68 valence electrons. The van der Waals surface area contributed by atoms with Crippen LogP contribution in [0.15, 0.2) is 21.7 Å². The number of nitrogens with zero attached hydrogens (tertiary/aromatic N) is 2. The maximum Gasteiger partial charge on any atom is 0.207 e. The van der Waals surface area contributed by atoms with Crippen molar-refractivity contribution in [1.82, 2.24) is 10.2 Å². The largest absolute Gasteiger partial charge is 0.207 e. The van der Waals surface area contributed by atoms with E-state index in [4.69, 9.17) is 11.6 Å². The first-order valence-corrected chi connectivity index (χ1v) is 6.55. The number of hydrogen-bond acceptors (Lipinski definition) is 5. The van der Waals surface area contributed by atoms with Gasteiger partial charge in [-0.25, -0.2) is 0 Å². The zero-order chi connectivity index (χ0) is 9.10. The molecular formula is C7H5ClN2S3. The van der Waals surface area contributed by atoms with Crippen molar-refractivity contribution in [3.8, 4) is 0 Å². The first kappa shape index (κ1) is 9.45. The Bertz CT molecular complexity index is 371. The van der Waals surface area contributed by atoms with Crippen molar-refractivity contribution in [2.75, 3.05) is 0 Å². The second-order valence-corrected chi connectivity index (χ2v) is 6.04. The van der Waals surface area contributed by atoms with E-state index in [1.807, 2.05) is 6.07 Å². The van der Waals surface area contributed by atoms with E-state index in [-0.39, 0.29) is 0 Å². The lowest BCUT2D eigenvalue weighted by molar-refractivity contribution is 1.04. The standard InChI is InChI=1S/C7H5ClN2S3/c8-7-10-9-5(13-7)4-12-6-2-1-3-11-6/h1-3H,4H2. The average molecular weight is 249 g/mol. The zero-order valence-electron chi connectivity index (χ0n) is 6.44. The van der Waals surface area contributed by atoms with Crippen LogP contribution in [0.1, 0.15) is 5.01 Å². The molecule has 0 unspecified atom stereocenters. The summed E-state index contributed by atoms with van der Waals surface area (Å²) in [4.78, 5) is 0. The summed E-state index contributed by atoms with van der Waals surface area (Å²) in [5.41, 5.74) is 0. The lowest BCUT2D eigenvalue weighted by Crippen LogP contribution is -1.76. The Kier molecular flexibility index (Phi) is 3.21. The summed E-state index contributed by atoms with van der Waals surface area (Å²) < 4.78 is 1.81. The van der Waals surface area contributed by atoms with E-state index >= 15 is 0 Å². The van der Waals surface area contributed by atoms with Crippen molar-refractivity contribution in [3.63, 3.8) is 0 Å². The monoisotopic (exact) mass is 248 g/mol. The molecular weight excluding hydrogens is 244 g/mol. The van der Waals surface area contributed by atoms with Crippen molar-refractivity contribution in [2.45, 2.75) is 9.96 Å². The van der Waals surface area contributed by atoms with Crippen LogP contribution in [0.25, 0.3) is 0 Å². The SMILES string of the molecule is Clc1nnc(CSc2cccs2)s1. The first-order valence-electron chi connectivity index (χ1n) is 3.49. The van der Waals surface area contributed by atoms with Gasteiger partial charge in [-0.05, 0) is 23.0 Å². The molecule has 0 spiro atoms. The normalized spacial score (nSPS) is 10.5. The maximum atomic E-state index is 5.66. The highest BCUT2D eigenvalue weighted by Gasteiger charge is 2.02. The molecule has 2 heterocycles. The molecule has 0 radical (unpaired) electrons. The van der Waals surface area contributed by atoms with Gasteiger partial charge in [0.25, 0.3) is 0 Å². The fourth-order valence-electron chi connectivity index (χ4n) is 0.770. The van der Waals surface area contributed by atoms with Gasteiger partial charge in [0.2, 0.25) is 4.47 Å². The molecule has 2 nitrogen and oxygen atoms in total. The molecule has 0 atom stereocenters. The van der Waals surface area contributed by atoms with Crippen molar-refractivity contribution >= 4 is 46.0 Å². The van der Waals surface area contributed by atoms with E-state index in [0.29, 0.717) is 4.47 Å². The van der Waals surface area contributed by atoms with Gasteiger partial charge in [-0.15, -0.1) is 33.3 Å². The number of rotatable bonds is 3. The second-order valence-electron chi connectivity index (χ2n) is 2.17. The Morgan fingerprint density at radius 3 is 3.00 bits per heavy atom. The maximum absolute atomic E-state index is 5.66. The van der Waals surface area contributed by atoms with E-state index in [9.17, 15) is 0 Å². The van der Waals surface area contributed by atoms with Gasteiger partial charge in [0.15, 0.2) is 0 Å². The fourth-order valence-corrected chi connectivity index (χ4v) is 3.41. The molecule has 0 amide bonds. The van der Waals surface area contributed by atoms with Gasteiger partial charge in [-0.1, -0.05) is 17.4 Å². The zero-order valence-corrected chi connectivity index (χ0v) is 9.64. The third kappa shape index (κ3) is 2.67. The molecule has 2 rings (SSSR count). The van der Waals surface area contributed by atoms with Gasteiger partial charge in [-0.3, -0.25) is 0 Å². The molecule has 0 bridgehead atoms. The molecule has 0 saturated heterocycles. The summed E-state index contributed by atoms with van der Waals surface area (Å²) in [6, 6.07) is 4.14. The Hall–Kier alpha value is -0.100. The van der Waals surface area contributed by atoms with E-state index in [0.717, 1.165) is 10.8 Å². The topological polar surface area (TPSA) is 25.8 Å². The molecule has 0 fully saturated rings. The molecule has 0 saturated carbocycles. The number of thioether (sulfide) groups is 1.